The van der Waals surface area contributed by atoms with Crippen LogP contribution in [0.5, 0.6) is 0 Å². The Labute approximate surface area is 111 Å². The van der Waals surface area contributed by atoms with Crippen molar-refractivity contribution >= 4 is 17.5 Å². The standard InChI is InChI=1S/C13H17N3O3/c1-18-13(17)8-4-5-15-12(11(8)14)16-9-6-7-2-3-10(9)19-7/h4-5,7,9-10H,2-3,6,14H2,1H3,(H,15,16). The molecule has 0 aromatic carbocycles. The summed E-state index contributed by atoms with van der Waals surface area (Å²) in [5, 5.41) is 3.29. The van der Waals surface area contributed by atoms with E-state index in [4.69, 9.17) is 15.2 Å². The summed E-state index contributed by atoms with van der Waals surface area (Å²) in [4.78, 5) is 15.8. The summed E-state index contributed by atoms with van der Waals surface area (Å²) >= 11 is 0. The van der Waals surface area contributed by atoms with E-state index < -0.39 is 5.97 Å². The molecule has 19 heavy (non-hydrogen) atoms. The molecule has 1 aromatic rings. The molecule has 2 saturated heterocycles. The number of nitrogen functional groups attached to an aromatic ring is 1. The number of aromatic nitrogens is 1. The topological polar surface area (TPSA) is 86.5 Å². The van der Waals surface area contributed by atoms with Crippen LogP contribution in [0.3, 0.4) is 0 Å². The van der Waals surface area contributed by atoms with E-state index in [0.717, 1.165) is 19.3 Å². The number of anilines is 2. The molecule has 3 rings (SSSR count). The van der Waals surface area contributed by atoms with Crippen LogP contribution < -0.4 is 11.1 Å². The summed E-state index contributed by atoms with van der Waals surface area (Å²) in [6, 6.07) is 1.78. The van der Waals surface area contributed by atoms with E-state index in [2.05, 4.69) is 10.3 Å². The first-order valence-corrected chi connectivity index (χ1v) is 6.44. The average Bonchev–Trinajstić information content (AvgIpc) is 3.02. The molecule has 0 radical (unpaired) electrons. The monoisotopic (exact) mass is 263 g/mol. The molecule has 0 amide bonds. The van der Waals surface area contributed by atoms with Crippen molar-refractivity contribution in [3.8, 4) is 0 Å². The molecule has 2 bridgehead atoms. The number of nitrogens with one attached hydrogen (secondary N) is 1. The molecule has 3 heterocycles. The predicted molar refractivity (Wildman–Crippen MR) is 69.9 cm³/mol. The third kappa shape index (κ3) is 2.12. The Balaban J connectivity index is 1.79. The zero-order valence-electron chi connectivity index (χ0n) is 10.8. The molecule has 102 valence electrons. The van der Waals surface area contributed by atoms with Crippen molar-refractivity contribution < 1.29 is 14.3 Å². The van der Waals surface area contributed by atoms with Crippen molar-refractivity contribution in [3.63, 3.8) is 0 Å². The van der Waals surface area contributed by atoms with Crippen LogP contribution in [0, 0.1) is 0 Å². The first-order valence-electron chi connectivity index (χ1n) is 6.44. The number of carbonyl (C=O) groups excluding carboxylic acids is 1. The summed E-state index contributed by atoms with van der Waals surface area (Å²) in [5.74, 6) is 0.0798. The summed E-state index contributed by atoms with van der Waals surface area (Å²) in [5.41, 5.74) is 6.64. The van der Waals surface area contributed by atoms with Crippen LogP contribution in [0.4, 0.5) is 11.5 Å². The number of esters is 1. The van der Waals surface area contributed by atoms with E-state index in [1.807, 2.05) is 0 Å². The van der Waals surface area contributed by atoms with Crippen molar-refractivity contribution in [1.82, 2.24) is 4.98 Å². The van der Waals surface area contributed by atoms with Gasteiger partial charge in [0.1, 0.15) is 5.82 Å². The summed E-state index contributed by atoms with van der Waals surface area (Å²) in [6.07, 6.45) is 5.31. The fourth-order valence-corrected chi connectivity index (χ4v) is 2.84. The maximum absolute atomic E-state index is 11.6. The third-order valence-electron chi connectivity index (χ3n) is 3.82. The van der Waals surface area contributed by atoms with Gasteiger partial charge in [0.25, 0.3) is 0 Å². The Hall–Kier alpha value is -1.82. The lowest BCUT2D eigenvalue weighted by Gasteiger charge is -2.21. The lowest BCUT2D eigenvalue weighted by Crippen LogP contribution is -2.31. The van der Waals surface area contributed by atoms with Crippen molar-refractivity contribution in [1.29, 1.82) is 0 Å². The van der Waals surface area contributed by atoms with E-state index >= 15 is 0 Å². The highest BCUT2D eigenvalue weighted by Gasteiger charge is 2.41. The summed E-state index contributed by atoms with van der Waals surface area (Å²) < 4.78 is 10.5. The Morgan fingerprint density at radius 2 is 2.42 bits per heavy atom. The summed E-state index contributed by atoms with van der Waals surface area (Å²) in [6.45, 7) is 0. The molecule has 2 fully saturated rings. The van der Waals surface area contributed by atoms with Gasteiger partial charge in [0.2, 0.25) is 0 Å². The predicted octanol–water partition coefficient (Wildman–Crippen LogP) is 1.18. The van der Waals surface area contributed by atoms with E-state index in [0.29, 0.717) is 23.2 Å². The van der Waals surface area contributed by atoms with Crippen LogP contribution in [0.2, 0.25) is 0 Å². The minimum atomic E-state index is -0.452. The first-order chi connectivity index (χ1) is 9.19. The van der Waals surface area contributed by atoms with E-state index in [-0.39, 0.29) is 12.1 Å². The summed E-state index contributed by atoms with van der Waals surface area (Å²) in [7, 11) is 1.33. The van der Waals surface area contributed by atoms with Crippen LogP contribution >= 0.6 is 0 Å². The van der Waals surface area contributed by atoms with Crippen LogP contribution in [0.25, 0.3) is 0 Å². The number of fused-ring (bicyclic) bond motifs is 2. The van der Waals surface area contributed by atoms with E-state index in [9.17, 15) is 4.79 Å². The number of hydrogen-bond donors (Lipinski definition) is 2. The van der Waals surface area contributed by atoms with Gasteiger partial charge in [0, 0.05) is 6.20 Å². The number of methoxy groups -OCH3 is 1. The normalized spacial score (nSPS) is 28.4. The van der Waals surface area contributed by atoms with Crippen LogP contribution in [-0.4, -0.2) is 36.3 Å². The second kappa shape index (κ2) is 4.70. The van der Waals surface area contributed by atoms with Gasteiger partial charge in [-0.3, -0.25) is 0 Å². The first kappa shape index (κ1) is 12.2. The lowest BCUT2D eigenvalue weighted by molar-refractivity contribution is 0.0602. The van der Waals surface area contributed by atoms with Crippen LogP contribution in [0.15, 0.2) is 12.3 Å². The van der Waals surface area contributed by atoms with Crippen molar-refractivity contribution in [2.75, 3.05) is 18.2 Å². The van der Waals surface area contributed by atoms with Gasteiger partial charge in [-0.05, 0) is 25.3 Å². The number of rotatable bonds is 3. The maximum atomic E-state index is 11.6. The number of hydrogen-bond acceptors (Lipinski definition) is 6. The Kier molecular flexibility index (Phi) is 3.02. The van der Waals surface area contributed by atoms with Crippen molar-refractivity contribution in [3.05, 3.63) is 17.8 Å². The third-order valence-corrected chi connectivity index (χ3v) is 3.82. The Bertz CT molecular complexity index is 506. The molecule has 2 aliphatic heterocycles. The van der Waals surface area contributed by atoms with Crippen LogP contribution in [-0.2, 0) is 9.47 Å². The molecular formula is C13H17N3O3. The van der Waals surface area contributed by atoms with Gasteiger partial charge in [-0.1, -0.05) is 0 Å². The van der Waals surface area contributed by atoms with Gasteiger partial charge in [0.15, 0.2) is 0 Å². The number of carbonyl (C=O) groups is 1. The molecule has 3 atom stereocenters. The molecule has 3 N–H and O–H groups in total. The highest BCUT2D eigenvalue weighted by Crippen LogP contribution is 2.36. The fraction of sp³-hybridized carbons (Fsp3) is 0.538. The average molecular weight is 263 g/mol. The quantitative estimate of drug-likeness (QED) is 0.796. The minimum absolute atomic E-state index is 0.224. The van der Waals surface area contributed by atoms with Crippen molar-refractivity contribution in [2.24, 2.45) is 0 Å². The van der Waals surface area contributed by atoms with Gasteiger partial charge in [-0.15, -0.1) is 0 Å². The zero-order chi connectivity index (χ0) is 13.4. The van der Waals surface area contributed by atoms with E-state index in [1.165, 1.54) is 7.11 Å². The molecule has 3 unspecified atom stereocenters. The number of pyridine rings is 1. The molecule has 0 aliphatic carbocycles. The maximum Gasteiger partial charge on any atom is 0.340 e. The largest absolute Gasteiger partial charge is 0.465 e. The van der Waals surface area contributed by atoms with Crippen molar-refractivity contribution in [2.45, 2.75) is 37.5 Å². The van der Waals surface area contributed by atoms with Crippen LogP contribution in [0.1, 0.15) is 29.6 Å². The van der Waals surface area contributed by atoms with Gasteiger partial charge in [0.05, 0.1) is 36.6 Å². The van der Waals surface area contributed by atoms with Gasteiger partial charge in [-0.25, -0.2) is 9.78 Å². The van der Waals surface area contributed by atoms with Gasteiger partial charge < -0.3 is 20.5 Å². The molecular weight excluding hydrogens is 246 g/mol. The highest BCUT2D eigenvalue weighted by molar-refractivity contribution is 5.97. The van der Waals surface area contributed by atoms with E-state index in [1.54, 1.807) is 12.3 Å². The minimum Gasteiger partial charge on any atom is -0.465 e. The Morgan fingerprint density at radius 1 is 1.58 bits per heavy atom. The SMILES string of the molecule is COC(=O)c1ccnc(NC2CC3CCC2O3)c1N. The molecule has 0 spiro atoms. The number of nitrogens with zero attached hydrogens (tertiary/aromatic N) is 1. The second-order valence-corrected chi connectivity index (χ2v) is 4.97. The second-order valence-electron chi connectivity index (χ2n) is 4.97. The molecule has 1 aromatic heterocycles. The molecule has 2 aliphatic rings. The lowest BCUT2D eigenvalue weighted by atomic mass is 9.95. The highest BCUT2D eigenvalue weighted by atomic mass is 16.5. The zero-order valence-corrected chi connectivity index (χ0v) is 10.8. The number of nitrogens with two attached hydrogens (primary N) is 1. The van der Waals surface area contributed by atoms with Gasteiger partial charge in [-0.2, -0.15) is 0 Å². The molecule has 6 nitrogen and oxygen atoms in total. The molecule has 0 saturated carbocycles. The fourth-order valence-electron chi connectivity index (χ4n) is 2.84. The Morgan fingerprint density at radius 3 is 3.05 bits per heavy atom. The molecule has 6 heteroatoms. The number of ether oxygens (including phenoxy) is 2. The van der Waals surface area contributed by atoms with Gasteiger partial charge >= 0.3 is 5.97 Å². The smallest absolute Gasteiger partial charge is 0.340 e.